The first-order chi connectivity index (χ1) is 33.1. The van der Waals surface area contributed by atoms with Crippen molar-refractivity contribution in [1.29, 1.82) is 0 Å². The highest BCUT2D eigenvalue weighted by Gasteiger charge is 2.40. The molecule has 0 bridgehead atoms. The minimum absolute atomic E-state index is 0.102. The van der Waals surface area contributed by atoms with Crippen LogP contribution in [0.1, 0.15) is 116 Å². The summed E-state index contributed by atoms with van der Waals surface area (Å²) in [5, 5.41) is 7.95. The van der Waals surface area contributed by atoms with Crippen molar-refractivity contribution >= 4 is 35.7 Å². The number of esters is 4. The van der Waals surface area contributed by atoms with Crippen LogP contribution in [0.2, 0.25) is 0 Å². The summed E-state index contributed by atoms with van der Waals surface area (Å²) in [7, 11) is 3.45. The van der Waals surface area contributed by atoms with Crippen LogP contribution in [0.3, 0.4) is 0 Å². The summed E-state index contributed by atoms with van der Waals surface area (Å²) in [6, 6.07) is 14.7. The molecule has 3 unspecified atom stereocenters. The van der Waals surface area contributed by atoms with Crippen molar-refractivity contribution in [3.8, 4) is 11.5 Å². The molecule has 0 fully saturated rings. The van der Waals surface area contributed by atoms with E-state index in [0.29, 0.717) is 12.8 Å². The van der Waals surface area contributed by atoms with Crippen molar-refractivity contribution in [2.24, 2.45) is 16.9 Å². The number of pyridine rings is 1. The van der Waals surface area contributed by atoms with Crippen LogP contribution in [-0.2, 0) is 23.9 Å². The topological polar surface area (TPSA) is 244 Å². The van der Waals surface area contributed by atoms with Gasteiger partial charge in [-0.2, -0.15) is 0 Å². The first-order valence-electron chi connectivity index (χ1n) is 23.1. The molecule has 3 aromatic rings. The Morgan fingerprint density at radius 2 is 1.30 bits per heavy atom. The monoisotopic (exact) mass is 952 g/mol. The number of hydrogen-bond donors (Lipinski definition) is 5. The largest absolute Gasteiger partial charge is 0.465 e. The van der Waals surface area contributed by atoms with Crippen molar-refractivity contribution in [3.63, 3.8) is 0 Å². The number of nitrogens with zero attached hydrogens (tertiary/aromatic N) is 2. The Balaban J connectivity index is 1.65. The Hall–Kier alpha value is -6.79. The maximum Gasteiger partial charge on any atom is 0.347 e. The Morgan fingerprint density at radius 1 is 0.725 bits per heavy atom. The highest BCUT2D eigenvalue weighted by Crippen LogP contribution is 2.29. The highest BCUT2D eigenvalue weighted by atomic mass is 16.6. The molecule has 0 spiro atoms. The van der Waals surface area contributed by atoms with Crippen molar-refractivity contribution in [2.75, 3.05) is 27.2 Å². The molecule has 0 saturated carbocycles. The average molecular weight is 952 g/mol. The zero-order valence-corrected chi connectivity index (χ0v) is 40.4. The molecule has 3 rings (SSSR count). The molecule has 17 heteroatoms. The lowest BCUT2D eigenvalue weighted by molar-refractivity contribution is -0.153. The SMILES string of the molecule is CCC=CCC=CCC=CCCCC=CCCCC(=O)OCC(C)(C)C(OC(=O)c1ccccc1OC(=O)c1ccccc1OC(=O)c1cccnc1)C(=O)NCCC(=O)NC(N)NC(N)N(C)C. The van der Waals surface area contributed by atoms with Crippen LogP contribution in [-0.4, -0.2) is 91.5 Å². The van der Waals surface area contributed by atoms with Gasteiger partial charge in [0.2, 0.25) is 5.91 Å². The molecule has 17 nitrogen and oxygen atoms in total. The van der Waals surface area contributed by atoms with Crippen LogP contribution >= 0.6 is 0 Å². The van der Waals surface area contributed by atoms with Gasteiger partial charge in [0, 0.05) is 37.2 Å². The number of nitrogens with one attached hydrogen (secondary N) is 3. The van der Waals surface area contributed by atoms with Crippen LogP contribution in [0.15, 0.2) is 122 Å². The Morgan fingerprint density at radius 3 is 1.93 bits per heavy atom. The number of carbonyl (C=O) groups excluding carboxylic acids is 6. The summed E-state index contributed by atoms with van der Waals surface area (Å²) < 4.78 is 22.6. The van der Waals surface area contributed by atoms with E-state index in [4.69, 9.17) is 30.4 Å². The number of carbonyl (C=O) groups is 6. The van der Waals surface area contributed by atoms with E-state index in [0.717, 1.165) is 38.5 Å². The molecule has 7 N–H and O–H groups in total. The molecule has 372 valence electrons. The van der Waals surface area contributed by atoms with Crippen LogP contribution in [0.4, 0.5) is 0 Å². The van der Waals surface area contributed by atoms with Crippen LogP contribution in [0.25, 0.3) is 0 Å². The molecular weight excluding hydrogens is 883 g/mol. The molecule has 0 aliphatic rings. The highest BCUT2D eigenvalue weighted by molar-refractivity contribution is 5.99. The lowest BCUT2D eigenvalue weighted by Gasteiger charge is -2.32. The van der Waals surface area contributed by atoms with Crippen molar-refractivity contribution in [1.82, 2.24) is 25.8 Å². The number of nitrogens with two attached hydrogens (primary N) is 2. The van der Waals surface area contributed by atoms with Gasteiger partial charge in [0.15, 0.2) is 6.10 Å². The lowest BCUT2D eigenvalue weighted by Crippen LogP contribution is -2.61. The Kier molecular flexibility index (Phi) is 25.6. The summed E-state index contributed by atoms with van der Waals surface area (Å²) in [6.07, 6.45) is 23.8. The summed E-state index contributed by atoms with van der Waals surface area (Å²) in [4.78, 5) is 85.3. The van der Waals surface area contributed by atoms with Gasteiger partial charge in [-0.3, -0.25) is 35.3 Å². The second-order valence-corrected chi connectivity index (χ2v) is 16.7. The van der Waals surface area contributed by atoms with Gasteiger partial charge in [0.1, 0.15) is 41.8 Å². The van der Waals surface area contributed by atoms with Crippen molar-refractivity contribution in [3.05, 3.63) is 138 Å². The van der Waals surface area contributed by atoms with E-state index >= 15 is 0 Å². The van der Waals surface area contributed by atoms with Gasteiger partial charge in [-0.25, -0.2) is 14.4 Å². The number of hydrogen-bond acceptors (Lipinski definition) is 15. The zero-order valence-electron chi connectivity index (χ0n) is 40.4. The minimum atomic E-state index is -1.58. The van der Waals surface area contributed by atoms with Crippen molar-refractivity contribution < 1.29 is 47.7 Å². The summed E-state index contributed by atoms with van der Waals surface area (Å²) in [5.41, 5.74) is 10.4. The van der Waals surface area contributed by atoms with Gasteiger partial charge in [-0.15, -0.1) is 0 Å². The van der Waals surface area contributed by atoms with E-state index in [1.54, 1.807) is 51.0 Å². The fraction of sp³-hybridized carbons (Fsp3) is 0.404. The molecule has 1 heterocycles. The fourth-order valence-corrected chi connectivity index (χ4v) is 6.19. The van der Waals surface area contributed by atoms with E-state index in [1.807, 2.05) is 6.08 Å². The van der Waals surface area contributed by atoms with Crippen LogP contribution < -0.4 is 36.9 Å². The first kappa shape index (κ1) is 56.5. The first-order valence-corrected chi connectivity index (χ1v) is 23.1. The number of allylic oxidation sites excluding steroid dienone is 8. The van der Waals surface area contributed by atoms with Gasteiger partial charge < -0.3 is 35.3 Å². The quantitative estimate of drug-likeness (QED) is 0.0155. The van der Waals surface area contributed by atoms with Gasteiger partial charge in [-0.1, -0.05) is 93.6 Å². The molecule has 69 heavy (non-hydrogen) atoms. The van der Waals surface area contributed by atoms with E-state index in [-0.39, 0.29) is 54.2 Å². The number of unbranched alkanes of at least 4 members (excludes halogenated alkanes) is 3. The lowest BCUT2D eigenvalue weighted by atomic mass is 9.86. The molecule has 0 aliphatic carbocycles. The van der Waals surface area contributed by atoms with E-state index in [9.17, 15) is 28.8 Å². The average Bonchev–Trinajstić information content (AvgIpc) is 3.32. The number of amides is 2. The predicted molar refractivity (Wildman–Crippen MR) is 263 cm³/mol. The van der Waals surface area contributed by atoms with Gasteiger partial charge in [0.25, 0.3) is 5.91 Å². The molecular formula is C52H69N7O10. The van der Waals surface area contributed by atoms with Gasteiger partial charge in [-0.05, 0) is 102 Å². The number of para-hydroxylation sites is 2. The normalized spacial score (nSPS) is 13.1. The maximum atomic E-state index is 14.0. The van der Waals surface area contributed by atoms with Crippen LogP contribution in [0.5, 0.6) is 11.5 Å². The number of benzene rings is 2. The molecule has 2 aromatic carbocycles. The maximum absolute atomic E-state index is 14.0. The smallest absolute Gasteiger partial charge is 0.347 e. The standard InChI is InChI=1S/C52H69N7O10/c1-6-7-8-9-10-11-12-13-14-15-16-17-18-19-20-21-32-44(61)66-37-52(2,3)45(46(62)56-35-33-43(60)57-50(53)58-51(54)59(4)5)69-49(65)40-29-23-25-31-42(40)68-48(64)39-28-22-24-30-41(39)67-47(63)38-27-26-34-55-36-38/h7-8,10-11,13-14,18-19,22-31,34,36,45,50-51,58H,6,9,12,15-17,20-21,32-33,35,37,53-54H2,1-5H3,(H,56,62)(H,57,60). The molecule has 0 radical (unpaired) electrons. The zero-order chi connectivity index (χ0) is 50.4. The van der Waals surface area contributed by atoms with E-state index in [2.05, 4.69) is 70.4 Å². The third kappa shape index (κ3) is 21.8. The summed E-state index contributed by atoms with van der Waals surface area (Å²) in [5.74, 6) is -4.89. The third-order valence-corrected chi connectivity index (χ3v) is 10.1. The minimum Gasteiger partial charge on any atom is -0.465 e. The second-order valence-electron chi connectivity index (χ2n) is 16.7. The van der Waals surface area contributed by atoms with Crippen molar-refractivity contribution in [2.45, 2.75) is 104 Å². The Bertz CT molecular complexity index is 2230. The number of aromatic nitrogens is 1. The predicted octanol–water partition coefficient (Wildman–Crippen LogP) is 6.63. The summed E-state index contributed by atoms with van der Waals surface area (Å²) in [6.45, 7) is 4.79. The van der Waals surface area contributed by atoms with E-state index < -0.39 is 59.8 Å². The van der Waals surface area contributed by atoms with Gasteiger partial charge >= 0.3 is 23.9 Å². The van der Waals surface area contributed by atoms with E-state index in [1.165, 1.54) is 54.9 Å². The molecule has 1 aromatic heterocycles. The molecule has 0 saturated heterocycles. The summed E-state index contributed by atoms with van der Waals surface area (Å²) >= 11 is 0. The number of rotatable bonds is 30. The fourth-order valence-electron chi connectivity index (χ4n) is 6.19. The molecule has 3 atom stereocenters. The number of ether oxygens (including phenoxy) is 4. The van der Waals surface area contributed by atoms with Gasteiger partial charge in [0.05, 0.1) is 5.56 Å². The molecule has 0 aliphatic heterocycles. The third-order valence-electron chi connectivity index (χ3n) is 10.1. The van der Waals surface area contributed by atoms with Crippen LogP contribution in [0, 0.1) is 5.41 Å². The Labute approximate surface area is 405 Å². The second kappa shape index (κ2) is 31.3. The molecule has 2 amide bonds.